The molecule has 3 nitrogen and oxygen atoms in total. The minimum atomic E-state index is 1.06. The van der Waals surface area contributed by atoms with Crippen LogP contribution in [0.1, 0.15) is 30.6 Å². The molecule has 1 saturated heterocycles. The van der Waals surface area contributed by atoms with Gasteiger partial charge in [0, 0.05) is 29.4 Å². The summed E-state index contributed by atoms with van der Waals surface area (Å²) in [6.45, 7) is 3.57. The van der Waals surface area contributed by atoms with Crippen molar-refractivity contribution in [2.45, 2.75) is 32.2 Å². The van der Waals surface area contributed by atoms with E-state index in [1.807, 2.05) is 17.4 Å². The first kappa shape index (κ1) is 14.0. The smallest absolute Gasteiger partial charge is 0.194 e. The fourth-order valence-corrected chi connectivity index (χ4v) is 4.18. The van der Waals surface area contributed by atoms with E-state index >= 15 is 0 Å². The van der Waals surface area contributed by atoms with Gasteiger partial charge in [-0.25, -0.2) is 4.98 Å². The highest BCUT2D eigenvalue weighted by molar-refractivity contribution is 7.17. The minimum absolute atomic E-state index is 1.06. The number of hydrogen-bond donors (Lipinski definition) is 0. The Morgan fingerprint density at radius 3 is 2.45 bits per heavy atom. The van der Waals surface area contributed by atoms with Crippen molar-refractivity contribution in [3.8, 4) is 11.3 Å². The lowest BCUT2D eigenvalue weighted by molar-refractivity contribution is 0.279. The van der Waals surface area contributed by atoms with E-state index in [1.165, 1.54) is 49.2 Å². The zero-order valence-corrected chi connectivity index (χ0v) is 13.6. The first-order valence-electron chi connectivity index (χ1n) is 8.14. The number of aromatic nitrogens is 2. The summed E-state index contributed by atoms with van der Waals surface area (Å²) in [6.07, 6.45) is 9.88. The molecule has 1 fully saturated rings. The zero-order chi connectivity index (χ0) is 14.8. The fourth-order valence-electron chi connectivity index (χ4n) is 3.18. The maximum Gasteiger partial charge on any atom is 0.194 e. The van der Waals surface area contributed by atoms with Crippen LogP contribution in [0.2, 0.25) is 0 Å². The van der Waals surface area contributed by atoms with Crippen molar-refractivity contribution >= 4 is 16.3 Å². The Morgan fingerprint density at radius 2 is 1.73 bits per heavy atom. The number of nitrogens with zero attached hydrogens (tertiary/aromatic N) is 3. The van der Waals surface area contributed by atoms with E-state index in [4.69, 9.17) is 4.98 Å². The molecule has 4 rings (SSSR count). The van der Waals surface area contributed by atoms with E-state index in [-0.39, 0.29) is 0 Å². The van der Waals surface area contributed by atoms with Crippen LogP contribution in [0.15, 0.2) is 42.7 Å². The topological polar surface area (TPSA) is 20.5 Å². The highest BCUT2D eigenvalue weighted by Crippen LogP contribution is 2.25. The van der Waals surface area contributed by atoms with Crippen molar-refractivity contribution in [1.29, 1.82) is 0 Å². The van der Waals surface area contributed by atoms with Crippen molar-refractivity contribution in [1.82, 2.24) is 14.3 Å². The Morgan fingerprint density at radius 1 is 0.955 bits per heavy atom. The van der Waals surface area contributed by atoms with Gasteiger partial charge in [0.1, 0.15) is 0 Å². The van der Waals surface area contributed by atoms with Gasteiger partial charge in [0.15, 0.2) is 4.96 Å². The van der Waals surface area contributed by atoms with Gasteiger partial charge in [-0.3, -0.25) is 9.30 Å². The van der Waals surface area contributed by atoms with Gasteiger partial charge in [0.25, 0.3) is 0 Å². The predicted octanol–water partition coefficient (Wildman–Crippen LogP) is 4.44. The van der Waals surface area contributed by atoms with Gasteiger partial charge in [0.05, 0.1) is 5.69 Å². The number of hydrogen-bond acceptors (Lipinski definition) is 3. The van der Waals surface area contributed by atoms with Gasteiger partial charge in [-0.15, -0.1) is 0 Å². The molecule has 3 aromatic rings. The van der Waals surface area contributed by atoms with Crippen LogP contribution < -0.4 is 0 Å². The number of fused-ring (bicyclic) bond motifs is 1. The molecule has 0 aliphatic carbocycles. The predicted molar refractivity (Wildman–Crippen MR) is 92.3 cm³/mol. The van der Waals surface area contributed by atoms with Gasteiger partial charge in [-0.05, 0) is 25.9 Å². The molecular weight excluding hydrogens is 290 g/mol. The van der Waals surface area contributed by atoms with E-state index in [0.29, 0.717) is 0 Å². The summed E-state index contributed by atoms with van der Waals surface area (Å²) in [5, 5.41) is 0. The average Bonchev–Trinajstić information content (AvgIpc) is 2.98. The summed E-state index contributed by atoms with van der Waals surface area (Å²) >= 11 is 1.82. The molecule has 4 heteroatoms. The number of likely N-dealkylation sites (tertiary alicyclic amines) is 1. The molecule has 1 aliphatic rings. The molecule has 22 heavy (non-hydrogen) atoms. The number of imidazole rings is 1. The Hall–Kier alpha value is -1.65. The SMILES string of the molecule is c1ccc(-c2cn3cc(CN4CCCCCC4)sc3n2)cc1. The maximum absolute atomic E-state index is 4.78. The van der Waals surface area contributed by atoms with Crippen molar-refractivity contribution in [3.05, 3.63) is 47.6 Å². The lowest BCUT2D eigenvalue weighted by atomic mass is 10.2. The molecule has 3 heterocycles. The zero-order valence-electron chi connectivity index (χ0n) is 12.7. The lowest BCUT2D eigenvalue weighted by Gasteiger charge is -2.18. The summed E-state index contributed by atoms with van der Waals surface area (Å²) in [6, 6.07) is 10.4. The van der Waals surface area contributed by atoms with E-state index < -0.39 is 0 Å². The summed E-state index contributed by atoms with van der Waals surface area (Å²) in [4.78, 5) is 9.89. The Balaban J connectivity index is 1.53. The van der Waals surface area contributed by atoms with Crippen molar-refractivity contribution in [3.63, 3.8) is 0 Å². The first-order chi connectivity index (χ1) is 10.9. The standard InChI is InChI=1S/C18H21N3S/c1-2-7-11-20(10-6-1)12-16-13-21-14-17(19-18(21)22-16)15-8-4-3-5-9-15/h3-5,8-9,13-14H,1-2,6-7,10-12H2. The molecule has 0 radical (unpaired) electrons. The van der Waals surface area contributed by atoms with Crippen molar-refractivity contribution < 1.29 is 0 Å². The van der Waals surface area contributed by atoms with Crippen molar-refractivity contribution in [2.75, 3.05) is 13.1 Å². The Kier molecular flexibility index (Phi) is 3.95. The highest BCUT2D eigenvalue weighted by Gasteiger charge is 2.13. The second-order valence-corrected chi connectivity index (χ2v) is 7.16. The summed E-state index contributed by atoms with van der Waals surface area (Å²) in [5.74, 6) is 0. The van der Waals surface area contributed by atoms with E-state index in [0.717, 1.165) is 17.2 Å². The number of thiazole rings is 1. The lowest BCUT2D eigenvalue weighted by Crippen LogP contribution is -2.23. The minimum Gasteiger partial charge on any atom is -0.298 e. The molecule has 0 atom stereocenters. The van der Waals surface area contributed by atoms with Crippen LogP contribution in [-0.2, 0) is 6.54 Å². The van der Waals surface area contributed by atoms with E-state index in [1.54, 1.807) is 0 Å². The van der Waals surface area contributed by atoms with Crippen LogP contribution in [0, 0.1) is 0 Å². The van der Waals surface area contributed by atoms with Crippen LogP contribution in [0.25, 0.3) is 16.2 Å². The molecule has 0 amide bonds. The van der Waals surface area contributed by atoms with Crippen LogP contribution in [-0.4, -0.2) is 27.4 Å². The average molecular weight is 311 g/mol. The normalized spacial score (nSPS) is 16.9. The molecule has 0 bridgehead atoms. The van der Waals surface area contributed by atoms with Crippen LogP contribution in [0.3, 0.4) is 0 Å². The van der Waals surface area contributed by atoms with E-state index in [9.17, 15) is 0 Å². The van der Waals surface area contributed by atoms with Crippen LogP contribution in [0.5, 0.6) is 0 Å². The summed E-state index contributed by atoms with van der Waals surface area (Å²) in [7, 11) is 0. The quantitative estimate of drug-likeness (QED) is 0.713. The number of benzene rings is 1. The molecule has 1 aromatic carbocycles. The Labute approximate surface area is 135 Å². The highest BCUT2D eigenvalue weighted by atomic mass is 32.1. The summed E-state index contributed by atoms with van der Waals surface area (Å²) in [5.41, 5.74) is 2.25. The Bertz CT molecular complexity index is 705. The van der Waals surface area contributed by atoms with Crippen LogP contribution in [0.4, 0.5) is 0 Å². The molecular formula is C18H21N3S. The molecule has 1 aliphatic heterocycles. The van der Waals surface area contributed by atoms with Gasteiger partial charge < -0.3 is 0 Å². The van der Waals surface area contributed by atoms with E-state index in [2.05, 4.69) is 46.0 Å². The fraction of sp³-hybridized carbons (Fsp3) is 0.389. The molecule has 0 spiro atoms. The van der Waals surface area contributed by atoms with Gasteiger partial charge in [-0.1, -0.05) is 54.5 Å². The van der Waals surface area contributed by atoms with Gasteiger partial charge in [-0.2, -0.15) is 0 Å². The molecule has 2 aromatic heterocycles. The second kappa shape index (κ2) is 6.23. The molecule has 0 unspecified atom stereocenters. The van der Waals surface area contributed by atoms with Crippen LogP contribution >= 0.6 is 11.3 Å². The molecule has 0 N–H and O–H groups in total. The van der Waals surface area contributed by atoms with Gasteiger partial charge in [0.2, 0.25) is 0 Å². The van der Waals surface area contributed by atoms with Gasteiger partial charge >= 0.3 is 0 Å². The van der Waals surface area contributed by atoms with Crippen molar-refractivity contribution in [2.24, 2.45) is 0 Å². The third-order valence-corrected chi connectivity index (χ3v) is 5.33. The third-order valence-electron chi connectivity index (χ3n) is 4.35. The maximum atomic E-state index is 4.78. The first-order valence-corrected chi connectivity index (χ1v) is 8.95. The molecule has 114 valence electrons. The molecule has 0 saturated carbocycles. The largest absolute Gasteiger partial charge is 0.298 e. The summed E-state index contributed by atoms with van der Waals surface area (Å²) < 4.78 is 2.18. The second-order valence-electron chi connectivity index (χ2n) is 6.07. The third kappa shape index (κ3) is 2.94. The monoisotopic (exact) mass is 311 g/mol. The number of rotatable bonds is 3.